The highest BCUT2D eigenvalue weighted by molar-refractivity contribution is 7.14. The van der Waals surface area contributed by atoms with E-state index in [-0.39, 0.29) is 18.9 Å². The molecule has 1 N–H and O–H groups in total. The average molecular weight is 411 g/mol. The van der Waals surface area contributed by atoms with Crippen LogP contribution < -0.4 is 10.2 Å². The molecule has 1 aromatic carbocycles. The highest BCUT2D eigenvalue weighted by atomic mass is 32.1. The summed E-state index contributed by atoms with van der Waals surface area (Å²) in [4.78, 5) is 38.7. The van der Waals surface area contributed by atoms with Crippen LogP contribution in [0.15, 0.2) is 35.7 Å². The zero-order valence-electron chi connectivity index (χ0n) is 16.2. The fourth-order valence-electron chi connectivity index (χ4n) is 3.06. The van der Waals surface area contributed by atoms with E-state index in [2.05, 4.69) is 12.2 Å². The minimum atomic E-state index is -1.04. The largest absolute Gasteiger partial charge is 0.452 e. The summed E-state index contributed by atoms with van der Waals surface area (Å²) in [5, 5.41) is 13.7. The van der Waals surface area contributed by atoms with Crippen LogP contribution in [0.25, 0.3) is 0 Å². The Labute approximate surface area is 172 Å². The fraction of sp³-hybridized carbons (Fsp3) is 0.333. The summed E-state index contributed by atoms with van der Waals surface area (Å²) >= 11 is 1.22. The lowest BCUT2D eigenvalue weighted by molar-refractivity contribution is -0.157. The van der Waals surface area contributed by atoms with Crippen molar-refractivity contribution in [3.63, 3.8) is 0 Å². The first-order valence-electron chi connectivity index (χ1n) is 9.31. The van der Waals surface area contributed by atoms with Crippen LogP contribution >= 0.6 is 11.3 Å². The van der Waals surface area contributed by atoms with Gasteiger partial charge in [-0.25, -0.2) is 0 Å². The Kier molecular flexibility index (Phi) is 6.29. The first-order chi connectivity index (χ1) is 13.9. The molecule has 150 valence electrons. The number of carbonyl (C=O) groups is 3. The first-order valence-corrected chi connectivity index (χ1v) is 10.2. The number of esters is 1. The molecule has 2 atom stereocenters. The minimum absolute atomic E-state index is 0.0478. The van der Waals surface area contributed by atoms with Crippen molar-refractivity contribution < 1.29 is 19.1 Å². The molecule has 0 aliphatic carbocycles. The van der Waals surface area contributed by atoms with Crippen LogP contribution in [-0.2, 0) is 25.5 Å². The van der Waals surface area contributed by atoms with Crippen molar-refractivity contribution in [1.29, 1.82) is 5.26 Å². The van der Waals surface area contributed by atoms with Gasteiger partial charge >= 0.3 is 5.97 Å². The molecule has 8 heteroatoms. The second-order valence-corrected chi connectivity index (χ2v) is 7.69. The molecule has 1 aliphatic rings. The number of anilines is 2. The summed E-state index contributed by atoms with van der Waals surface area (Å²) in [6.45, 7) is 3.74. The zero-order valence-corrected chi connectivity index (χ0v) is 17.0. The molecule has 29 heavy (non-hydrogen) atoms. The molecule has 1 aromatic heterocycles. The van der Waals surface area contributed by atoms with Crippen LogP contribution in [0.1, 0.15) is 31.4 Å². The number of benzene rings is 1. The molecular formula is C21H21N3O4S. The van der Waals surface area contributed by atoms with Crippen LogP contribution in [0, 0.1) is 17.2 Å². The van der Waals surface area contributed by atoms with E-state index >= 15 is 0 Å². The summed E-state index contributed by atoms with van der Waals surface area (Å²) < 4.78 is 5.28. The van der Waals surface area contributed by atoms with Gasteiger partial charge in [0.15, 0.2) is 6.10 Å². The topological polar surface area (TPSA) is 99.5 Å². The van der Waals surface area contributed by atoms with E-state index in [1.807, 2.05) is 30.3 Å². The predicted molar refractivity (Wildman–Crippen MR) is 109 cm³/mol. The molecule has 0 unspecified atom stereocenters. The summed E-state index contributed by atoms with van der Waals surface area (Å²) in [5.74, 6) is -1.88. The van der Waals surface area contributed by atoms with Crippen LogP contribution in [-0.4, -0.2) is 30.4 Å². The number of amides is 2. The van der Waals surface area contributed by atoms with Gasteiger partial charge in [-0.05, 0) is 42.5 Å². The van der Waals surface area contributed by atoms with E-state index < -0.39 is 23.9 Å². The summed E-state index contributed by atoms with van der Waals surface area (Å²) in [7, 11) is 0. The number of nitriles is 1. The third kappa shape index (κ3) is 4.63. The van der Waals surface area contributed by atoms with E-state index in [9.17, 15) is 14.4 Å². The highest BCUT2D eigenvalue weighted by Crippen LogP contribution is 2.27. The third-order valence-corrected chi connectivity index (χ3v) is 5.63. The lowest BCUT2D eigenvalue weighted by atomic mass is 10.1. The van der Waals surface area contributed by atoms with Gasteiger partial charge in [0.05, 0.1) is 11.5 Å². The Morgan fingerprint density at radius 3 is 2.72 bits per heavy atom. The number of ether oxygens (including phenoxy) is 1. The fourth-order valence-corrected chi connectivity index (χ4v) is 3.80. The number of nitrogens with one attached hydrogen (secondary N) is 1. The van der Waals surface area contributed by atoms with Gasteiger partial charge in [-0.3, -0.25) is 14.4 Å². The van der Waals surface area contributed by atoms with Crippen molar-refractivity contribution >= 4 is 39.8 Å². The molecule has 1 fully saturated rings. The summed E-state index contributed by atoms with van der Waals surface area (Å²) in [6, 6.07) is 11.2. The maximum Gasteiger partial charge on any atom is 0.312 e. The van der Waals surface area contributed by atoms with Gasteiger partial charge in [0.2, 0.25) is 5.91 Å². The van der Waals surface area contributed by atoms with Crippen molar-refractivity contribution in [1.82, 2.24) is 0 Å². The van der Waals surface area contributed by atoms with Gasteiger partial charge in [0.1, 0.15) is 11.1 Å². The molecule has 3 rings (SSSR count). The van der Waals surface area contributed by atoms with Crippen LogP contribution in [0.4, 0.5) is 10.7 Å². The number of carbonyl (C=O) groups excluding carboxylic acids is 3. The van der Waals surface area contributed by atoms with Crippen molar-refractivity contribution in [3.8, 4) is 6.07 Å². The molecule has 2 amide bonds. The monoisotopic (exact) mass is 411 g/mol. The number of aryl methyl sites for hydroxylation is 1. The standard InChI is InChI=1S/C21H21N3O4S/c1-3-14-4-6-17(7-5-14)24-12-16(10-18(24)25)21(27)28-13(2)19(26)23-20-15(11-22)8-9-29-20/h4-9,13,16H,3,10,12H2,1-2H3,(H,23,26)/t13-,16+/m0/s1. The maximum atomic E-state index is 12.5. The Bertz CT molecular complexity index is 961. The van der Waals surface area contributed by atoms with E-state index in [4.69, 9.17) is 10.00 Å². The SMILES string of the molecule is CCc1ccc(N2C[C@H](C(=O)O[C@@H](C)C(=O)Nc3sccc3C#N)CC2=O)cc1. The Morgan fingerprint density at radius 1 is 1.34 bits per heavy atom. The third-order valence-electron chi connectivity index (χ3n) is 4.80. The number of rotatable bonds is 6. The number of hydrogen-bond acceptors (Lipinski definition) is 6. The molecule has 1 aliphatic heterocycles. The van der Waals surface area contributed by atoms with Crippen LogP contribution in [0.2, 0.25) is 0 Å². The van der Waals surface area contributed by atoms with Crippen molar-refractivity contribution in [2.45, 2.75) is 32.8 Å². The van der Waals surface area contributed by atoms with E-state index in [0.29, 0.717) is 10.6 Å². The normalized spacial score (nSPS) is 16.9. The molecule has 0 radical (unpaired) electrons. The van der Waals surface area contributed by atoms with Crippen molar-refractivity contribution in [3.05, 3.63) is 46.8 Å². The summed E-state index contributed by atoms with van der Waals surface area (Å²) in [5.41, 5.74) is 2.27. The van der Waals surface area contributed by atoms with Gasteiger partial charge < -0.3 is 15.0 Å². The Hall–Kier alpha value is -3.18. The molecule has 7 nitrogen and oxygen atoms in total. The Balaban J connectivity index is 1.58. The number of nitrogens with zero attached hydrogens (tertiary/aromatic N) is 2. The van der Waals surface area contributed by atoms with Crippen molar-refractivity contribution in [2.24, 2.45) is 5.92 Å². The van der Waals surface area contributed by atoms with Crippen LogP contribution in [0.5, 0.6) is 0 Å². The van der Waals surface area contributed by atoms with Gasteiger partial charge in [0.25, 0.3) is 5.91 Å². The quantitative estimate of drug-likeness (QED) is 0.737. The lowest BCUT2D eigenvalue weighted by Gasteiger charge is -2.18. The van der Waals surface area contributed by atoms with E-state index in [1.165, 1.54) is 23.8 Å². The number of hydrogen-bond donors (Lipinski definition) is 1. The van der Waals surface area contributed by atoms with Crippen LogP contribution in [0.3, 0.4) is 0 Å². The van der Waals surface area contributed by atoms with Gasteiger partial charge in [-0.2, -0.15) is 5.26 Å². The lowest BCUT2D eigenvalue weighted by Crippen LogP contribution is -2.33. The average Bonchev–Trinajstić information content (AvgIpc) is 3.34. The van der Waals surface area contributed by atoms with E-state index in [0.717, 1.165) is 12.1 Å². The highest BCUT2D eigenvalue weighted by Gasteiger charge is 2.37. The van der Waals surface area contributed by atoms with Gasteiger partial charge in [0, 0.05) is 18.7 Å². The molecule has 0 saturated carbocycles. The number of thiophene rings is 1. The van der Waals surface area contributed by atoms with Gasteiger partial charge in [-0.1, -0.05) is 19.1 Å². The molecule has 2 aromatic rings. The second-order valence-electron chi connectivity index (χ2n) is 6.77. The molecule has 2 heterocycles. The zero-order chi connectivity index (χ0) is 21.0. The second kappa shape index (κ2) is 8.88. The smallest absolute Gasteiger partial charge is 0.312 e. The minimum Gasteiger partial charge on any atom is -0.452 e. The van der Waals surface area contributed by atoms with Crippen molar-refractivity contribution in [2.75, 3.05) is 16.8 Å². The summed E-state index contributed by atoms with van der Waals surface area (Å²) in [6.07, 6.45) is -0.0828. The first kappa shape index (κ1) is 20.6. The predicted octanol–water partition coefficient (Wildman–Crippen LogP) is 3.11. The molecule has 0 spiro atoms. The molecule has 0 bridgehead atoms. The van der Waals surface area contributed by atoms with Gasteiger partial charge in [-0.15, -0.1) is 11.3 Å². The Morgan fingerprint density at radius 2 is 2.07 bits per heavy atom. The van der Waals surface area contributed by atoms with E-state index in [1.54, 1.807) is 16.3 Å². The maximum absolute atomic E-state index is 12.5. The molecule has 1 saturated heterocycles. The molecular weight excluding hydrogens is 390 g/mol.